The van der Waals surface area contributed by atoms with Crippen LogP contribution in [0, 0.1) is 6.08 Å². The van der Waals surface area contributed by atoms with E-state index in [9.17, 15) is 0 Å². The molecule has 1 radical (unpaired) electrons. The molecule has 2 atom stereocenters. The van der Waals surface area contributed by atoms with Crippen LogP contribution in [-0.2, 0) is 4.74 Å². The fourth-order valence-corrected chi connectivity index (χ4v) is 0.913. The Morgan fingerprint density at radius 2 is 2.62 bits per heavy atom. The van der Waals surface area contributed by atoms with Crippen molar-refractivity contribution in [1.82, 2.24) is 5.32 Å². The van der Waals surface area contributed by atoms with Crippen molar-refractivity contribution in [1.29, 1.82) is 0 Å². The molecular formula is C6H6NO. The molecule has 1 N–H and O–H groups in total. The first-order valence-corrected chi connectivity index (χ1v) is 2.63. The summed E-state index contributed by atoms with van der Waals surface area (Å²) in [6, 6.07) is 0.356. The first-order chi connectivity index (χ1) is 3.97. The largest absolute Gasteiger partial charge is 0.491 e. The Morgan fingerprint density at radius 3 is 3.50 bits per heavy atom. The van der Waals surface area contributed by atoms with Crippen molar-refractivity contribution in [2.24, 2.45) is 0 Å². The zero-order chi connectivity index (χ0) is 5.40. The van der Waals surface area contributed by atoms with Gasteiger partial charge in [0.1, 0.15) is 6.10 Å². The predicted molar refractivity (Wildman–Crippen MR) is 28.7 cm³/mol. The van der Waals surface area contributed by atoms with Gasteiger partial charge in [-0.2, -0.15) is 0 Å². The van der Waals surface area contributed by atoms with E-state index in [4.69, 9.17) is 4.74 Å². The highest BCUT2D eigenvalue weighted by Crippen LogP contribution is 2.14. The summed E-state index contributed by atoms with van der Waals surface area (Å²) in [7, 11) is 0. The van der Waals surface area contributed by atoms with Gasteiger partial charge in [-0.15, -0.1) is 0 Å². The minimum atomic E-state index is 0.148. The second kappa shape index (κ2) is 1.28. The molecule has 0 amide bonds. The van der Waals surface area contributed by atoms with E-state index in [0.29, 0.717) is 6.04 Å². The Hall–Kier alpha value is -0.920. The molecule has 0 aromatic heterocycles. The van der Waals surface area contributed by atoms with Crippen molar-refractivity contribution in [3.05, 3.63) is 24.6 Å². The SMILES string of the molecule is [C]1=CNC2C=COC12. The summed E-state index contributed by atoms with van der Waals surface area (Å²) in [4.78, 5) is 0. The van der Waals surface area contributed by atoms with Crippen LogP contribution in [-0.4, -0.2) is 12.1 Å². The first kappa shape index (κ1) is 4.01. The lowest BCUT2D eigenvalue weighted by Gasteiger charge is -2.05. The van der Waals surface area contributed by atoms with Crippen LogP contribution in [0.1, 0.15) is 0 Å². The molecule has 2 aliphatic rings. The van der Waals surface area contributed by atoms with Gasteiger partial charge >= 0.3 is 0 Å². The Kier molecular flexibility index (Phi) is 0.640. The van der Waals surface area contributed by atoms with Gasteiger partial charge in [0.15, 0.2) is 0 Å². The Labute approximate surface area is 47.8 Å². The number of hydrogen-bond donors (Lipinski definition) is 1. The van der Waals surface area contributed by atoms with Gasteiger partial charge in [-0.1, -0.05) is 0 Å². The van der Waals surface area contributed by atoms with E-state index >= 15 is 0 Å². The van der Waals surface area contributed by atoms with Crippen LogP contribution >= 0.6 is 0 Å². The quantitative estimate of drug-likeness (QED) is 0.478. The number of hydrogen-bond acceptors (Lipinski definition) is 2. The molecule has 2 nitrogen and oxygen atoms in total. The average molecular weight is 108 g/mol. The monoisotopic (exact) mass is 108 g/mol. The summed E-state index contributed by atoms with van der Waals surface area (Å²) in [5.41, 5.74) is 0. The molecule has 2 heteroatoms. The van der Waals surface area contributed by atoms with E-state index in [2.05, 4.69) is 11.4 Å². The van der Waals surface area contributed by atoms with Crippen LogP contribution in [0.4, 0.5) is 0 Å². The van der Waals surface area contributed by atoms with E-state index in [0.717, 1.165) is 0 Å². The van der Waals surface area contributed by atoms with Crippen molar-refractivity contribution in [3.8, 4) is 0 Å². The Bertz CT molecular complexity index is 133. The van der Waals surface area contributed by atoms with E-state index in [1.165, 1.54) is 0 Å². The van der Waals surface area contributed by atoms with Gasteiger partial charge in [-0.3, -0.25) is 0 Å². The molecule has 2 heterocycles. The fourth-order valence-electron chi connectivity index (χ4n) is 0.913. The molecule has 0 aliphatic carbocycles. The molecule has 0 aromatic rings. The number of ether oxygens (including phenoxy) is 1. The second-order valence-electron chi connectivity index (χ2n) is 1.89. The summed E-state index contributed by atoms with van der Waals surface area (Å²) >= 11 is 0. The molecule has 0 bridgehead atoms. The lowest BCUT2D eigenvalue weighted by molar-refractivity contribution is 0.198. The standard InChI is InChI=1S/C6H6NO/c1-3-7-5-2-4-8-6(1)5/h2-7H. The third kappa shape index (κ3) is 0.372. The maximum atomic E-state index is 5.09. The number of fused-ring (bicyclic) bond motifs is 1. The summed E-state index contributed by atoms with van der Waals surface area (Å²) in [6.45, 7) is 0. The highest BCUT2D eigenvalue weighted by Gasteiger charge is 2.24. The van der Waals surface area contributed by atoms with Gasteiger partial charge in [0.25, 0.3) is 0 Å². The zero-order valence-corrected chi connectivity index (χ0v) is 4.29. The molecule has 0 saturated carbocycles. The Balaban J connectivity index is 2.20. The van der Waals surface area contributed by atoms with E-state index < -0.39 is 0 Å². The Morgan fingerprint density at radius 1 is 1.62 bits per heavy atom. The van der Waals surface area contributed by atoms with Crippen LogP contribution in [0.15, 0.2) is 18.5 Å². The van der Waals surface area contributed by atoms with Crippen LogP contribution in [0.2, 0.25) is 0 Å². The number of nitrogens with one attached hydrogen (secondary N) is 1. The van der Waals surface area contributed by atoms with Gasteiger partial charge in [0.05, 0.1) is 12.3 Å². The molecule has 8 heavy (non-hydrogen) atoms. The van der Waals surface area contributed by atoms with Gasteiger partial charge in [0, 0.05) is 12.3 Å². The third-order valence-electron chi connectivity index (χ3n) is 1.36. The van der Waals surface area contributed by atoms with E-state index in [1.807, 2.05) is 6.08 Å². The molecule has 0 aromatic carbocycles. The van der Waals surface area contributed by atoms with Crippen molar-refractivity contribution < 1.29 is 4.74 Å². The van der Waals surface area contributed by atoms with Crippen molar-refractivity contribution in [3.63, 3.8) is 0 Å². The van der Waals surface area contributed by atoms with Crippen LogP contribution in [0.25, 0.3) is 0 Å². The highest BCUT2D eigenvalue weighted by atomic mass is 16.5. The normalized spacial score (nSPS) is 39.0. The summed E-state index contributed by atoms with van der Waals surface area (Å²) < 4.78 is 5.09. The fraction of sp³-hybridized carbons (Fsp3) is 0.333. The number of rotatable bonds is 0. The molecule has 0 spiro atoms. The maximum Gasteiger partial charge on any atom is 0.148 e. The van der Waals surface area contributed by atoms with Gasteiger partial charge in [0.2, 0.25) is 0 Å². The van der Waals surface area contributed by atoms with Gasteiger partial charge in [-0.25, -0.2) is 0 Å². The first-order valence-electron chi connectivity index (χ1n) is 2.63. The van der Waals surface area contributed by atoms with Crippen molar-refractivity contribution >= 4 is 0 Å². The summed E-state index contributed by atoms with van der Waals surface area (Å²) in [6.07, 6.45) is 8.65. The van der Waals surface area contributed by atoms with Crippen molar-refractivity contribution in [2.75, 3.05) is 0 Å². The molecule has 41 valence electrons. The zero-order valence-electron chi connectivity index (χ0n) is 4.29. The third-order valence-corrected chi connectivity index (χ3v) is 1.36. The molecule has 0 saturated heterocycles. The van der Waals surface area contributed by atoms with Crippen LogP contribution in [0.5, 0.6) is 0 Å². The average Bonchev–Trinajstić information content (AvgIpc) is 2.15. The lowest BCUT2D eigenvalue weighted by Crippen LogP contribution is -2.25. The van der Waals surface area contributed by atoms with E-state index in [1.54, 1.807) is 12.5 Å². The minimum Gasteiger partial charge on any atom is -0.491 e. The molecular weight excluding hydrogens is 102 g/mol. The molecule has 2 rings (SSSR count). The van der Waals surface area contributed by atoms with Gasteiger partial charge in [-0.05, 0) is 6.08 Å². The maximum absolute atomic E-state index is 5.09. The highest BCUT2D eigenvalue weighted by molar-refractivity contribution is 5.11. The van der Waals surface area contributed by atoms with Crippen LogP contribution in [0.3, 0.4) is 0 Å². The predicted octanol–water partition coefficient (Wildman–Crippen LogP) is 0.188. The topological polar surface area (TPSA) is 21.3 Å². The smallest absolute Gasteiger partial charge is 0.148 e. The lowest BCUT2D eigenvalue weighted by atomic mass is 10.2. The summed E-state index contributed by atoms with van der Waals surface area (Å²) in [5.74, 6) is 0. The van der Waals surface area contributed by atoms with Crippen LogP contribution < -0.4 is 5.32 Å². The summed E-state index contributed by atoms with van der Waals surface area (Å²) in [5, 5.41) is 3.07. The molecule has 2 unspecified atom stereocenters. The molecule has 0 fully saturated rings. The van der Waals surface area contributed by atoms with Crippen molar-refractivity contribution in [2.45, 2.75) is 12.1 Å². The van der Waals surface area contributed by atoms with Gasteiger partial charge < -0.3 is 10.1 Å². The minimum absolute atomic E-state index is 0.148. The molecule has 2 aliphatic heterocycles. The second-order valence-corrected chi connectivity index (χ2v) is 1.89. The van der Waals surface area contributed by atoms with E-state index in [-0.39, 0.29) is 6.10 Å².